The van der Waals surface area contributed by atoms with Crippen LogP contribution in [0.2, 0.25) is 0 Å². The van der Waals surface area contributed by atoms with E-state index < -0.39 is 0 Å². The van der Waals surface area contributed by atoms with E-state index >= 15 is 0 Å². The number of nitrogens with zero attached hydrogens (tertiary/aromatic N) is 1. The molecule has 0 saturated heterocycles. The van der Waals surface area contributed by atoms with Gasteiger partial charge in [0, 0.05) is 4.88 Å². The quantitative estimate of drug-likeness (QED) is 0.729. The second kappa shape index (κ2) is 3.30. The number of fused-ring (bicyclic) bond motifs is 1. The summed E-state index contributed by atoms with van der Waals surface area (Å²) >= 11 is 1.57. The van der Waals surface area contributed by atoms with Gasteiger partial charge in [-0.2, -0.15) is 0 Å². The number of rotatable bonds is 2. The van der Waals surface area contributed by atoms with E-state index in [-0.39, 0.29) is 5.91 Å². The first-order valence-corrected chi connectivity index (χ1v) is 5.03. The number of amides is 1. The summed E-state index contributed by atoms with van der Waals surface area (Å²) in [5.74, 6) is -0.188. The molecule has 0 bridgehead atoms. The van der Waals surface area contributed by atoms with E-state index in [0.29, 0.717) is 5.13 Å². The maximum Gasteiger partial charge on any atom is 0.249 e. The molecule has 3 nitrogen and oxygen atoms in total. The van der Waals surface area contributed by atoms with Gasteiger partial charge in [-0.05, 0) is 25.3 Å². The van der Waals surface area contributed by atoms with Gasteiger partial charge in [0.05, 0.1) is 5.69 Å². The number of hydrogen-bond acceptors (Lipinski definition) is 3. The lowest BCUT2D eigenvalue weighted by atomic mass is 10.4. The minimum atomic E-state index is -0.188. The van der Waals surface area contributed by atoms with Crippen LogP contribution in [0.4, 0.5) is 5.13 Å². The summed E-state index contributed by atoms with van der Waals surface area (Å²) in [6, 6.07) is 0. The molecule has 0 atom stereocenters. The summed E-state index contributed by atoms with van der Waals surface area (Å²) in [4.78, 5) is 16.6. The third kappa shape index (κ3) is 1.62. The Morgan fingerprint density at radius 1 is 1.62 bits per heavy atom. The fraction of sp³-hybridized carbons (Fsp3) is 0.333. The fourth-order valence-electron chi connectivity index (χ4n) is 1.40. The summed E-state index contributed by atoms with van der Waals surface area (Å²) in [7, 11) is 0. The molecule has 1 aliphatic rings. The Morgan fingerprint density at radius 2 is 2.46 bits per heavy atom. The van der Waals surface area contributed by atoms with Crippen molar-refractivity contribution in [1.29, 1.82) is 0 Å². The molecule has 1 heterocycles. The van der Waals surface area contributed by atoms with Crippen LogP contribution in [0.3, 0.4) is 0 Å². The van der Waals surface area contributed by atoms with Crippen LogP contribution in [0.15, 0.2) is 12.7 Å². The smallest absolute Gasteiger partial charge is 0.249 e. The van der Waals surface area contributed by atoms with Gasteiger partial charge in [-0.25, -0.2) is 4.98 Å². The number of carbonyl (C=O) groups is 1. The Morgan fingerprint density at radius 3 is 3.15 bits per heavy atom. The van der Waals surface area contributed by atoms with Crippen molar-refractivity contribution in [2.45, 2.75) is 19.3 Å². The first-order chi connectivity index (χ1) is 6.29. The Kier molecular flexibility index (Phi) is 2.14. The van der Waals surface area contributed by atoms with Crippen LogP contribution >= 0.6 is 11.3 Å². The first kappa shape index (κ1) is 8.44. The summed E-state index contributed by atoms with van der Waals surface area (Å²) in [5.41, 5.74) is 1.16. The number of anilines is 1. The molecule has 68 valence electrons. The minimum absolute atomic E-state index is 0.188. The highest BCUT2D eigenvalue weighted by atomic mass is 32.1. The maximum atomic E-state index is 10.9. The van der Waals surface area contributed by atoms with Crippen LogP contribution in [-0.2, 0) is 17.6 Å². The number of nitrogens with one attached hydrogen (secondary N) is 1. The molecule has 2 rings (SSSR count). The molecule has 0 saturated carbocycles. The van der Waals surface area contributed by atoms with E-state index in [2.05, 4.69) is 16.9 Å². The number of aromatic nitrogens is 1. The lowest BCUT2D eigenvalue weighted by molar-refractivity contribution is -0.111. The SMILES string of the molecule is C=CC(=O)Nc1nc2c(s1)CCC2. The van der Waals surface area contributed by atoms with Crippen LogP contribution in [0.25, 0.3) is 0 Å². The Bertz CT molecular complexity index is 335. The highest BCUT2D eigenvalue weighted by molar-refractivity contribution is 7.15. The zero-order valence-corrected chi connectivity index (χ0v) is 7.99. The van der Waals surface area contributed by atoms with Crippen LogP contribution in [0.5, 0.6) is 0 Å². The topological polar surface area (TPSA) is 42.0 Å². The highest BCUT2D eigenvalue weighted by Crippen LogP contribution is 2.30. The van der Waals surface area contributed by atoms with E-state index in [1.165, 1.54) is 17.4 Å². The Balaban J connectivity index is 2.14. The monoisotopic (exact) mass is 194 g/mol. The van der Waals surface area contributed by atoms with Gasteiger partial charge in [0.25, 0.3) is 0 Å². The van der Waals surface area contributed by atoms with E-state index in [1.54, 1.807) is 11.3 Å². The molecule has 0 radical (unpaired) electrons. The van der Waals surface area contributed by atoms with Crippen LogP contribution in [-0.4, -0.2) is 10.9 Å². The number of thiazole rings is 1. The van der Waals surface area contributed by atoms with Gasteiger partial charge in [0.2, 0.25) is 5.91 Å². The largest absolute Gasteiger partial charge is 0.298 e. The lowest BCUT2D eigenvalue weighted by Gasteiger charge is -1.94. The van der Waals surface area contributed by atoms with Crippen molar-refractivity contribution in [3.63, 3.8) is 0 Å². The molecule has 0 spiro atoms. The number of aryl methyl sites for hydroxylation is 2. The maximum absolute atomic E-state index is 10.9. The van der Waals surface area contributed by atoms with Crippen LogP contribution in [0.1, 0.15) is 17.0 Å². The molecule has 13 heavy (non-hydrogen) atoms. The summed E-state index contributed by atoms with van der Waals surface area (Å²) < 4.78 is 0. The molecule has 1 aromatic rings. The van der Waals surface area contributed by atoms with Crippen LogP contribution < -0.4 is 5.32 Å². The van der Waals surface area contributed by atoms with Gasteiger partial charge >= 0.3 is 0 Å². The number of hydrogen-bond donors (Lipinski definition) is 1. The van der Waals surface area contributed by atoms with E-state index in [9.17, 15) is 4.79 Å². The van der Waals surface area contributed by atoms with Crippen molar-refractivity contribution in [1.82, 2.24) is 4.98 Å². The average molecular weight is 194 g/mol. The van der Waals surface area contributed by atoms with Crippen molar-refractivity contribution in [2.24, 2.45) is 0 Å². The second-order valence-electron chi connectivity index (χ2n) is 2.94. The third-order valence-electron chi connectivity index (χ3n) is 2.01. The van der Waals surface area contributed by atoms with Gasteiger partial charge in [0.15, 0.2) is 5.13 Å². The molecular formula is C9H10N2OS. The lowest BCUT2D eigenvalue weighted by Crippen LogP contribution is -2.06. The zero-order chi connectivity index (χ0) is 9.26. The predicted molar refractivity (Wildman–Crippen MR) is 53.0 cm³/mol. The van der Waals surface area contributed by atoms with E-state index in [0.717, 1.165) is 18.5 Å². The van der Waals surface area contributed by atoms with Crippen molar-refractivity contribution in [2.75, 3.05) is 5.32 Å². The summed E-state index contributed by atoms with van der Waals surface area (Å²) in [5, 5.41) is 3.37. The van der Waals surface area contributed by atoms with Gasteiger partial charge < -0.3 is 0 Å². The molecule has 4 heteroatoms. The van der Waals surface area contributed by atoms with Gasteiger partial charge in [-0.1, -0.05) is 6.58 Å². The van der Waals surface area contributed by atoms with E-state index in [1.807, 2.05) is 0 Å². The molecule has 1 N–H and O–H groups in total. The van der Waals surface area contributed by atoms with Crippen molar-refractivity contribution in [3.8, 4) is 0 Å². The summed E-state index contributed by atoms with van der Waals surface area (Å²) in [6.45, 7) is 3.38. The zero-order valence-electron chi connectivity index (χ0n) is 7.17. The molecule has 0 aromatic carbocycles. The molecule has 1 amide bonds. The van der Waals surface area contributed by atoms with E-state index in [4.69, 9.17) is 0 Å². The van der Waals surface area contributed by atoms with Crippen LogP contribution in [0, 0.1) is 0 Å². The molecule has 0 aliphatic heterocycles. The molecule has 0 unspecified atom stereocenters. The first-order valence-electron chi connectivity index (χ1n) is 4.21. The minimum Gasteiger partial charge on any atom is -0.298 e. The number of carbonyl (C=O) groups excluding carboxylic acids is 1. The Labute approximate surface area is 80.5 Å². The third-order valence-corrected chi connectivity index (χ3v) is 3.08. The summed E-state index contributed by atoms with van der Waals surface area (Å²) in [6.07, 6.45) is 4.61. The molecule has 1 aromatic heterocycles. The fourth-order valence-corrected chi connectivity index (χ4v) is 2.45. The molecule has 1 aliphatic carbocycles. The average Bonchev–Trinajstić information content (AvgIpc) is 2.63. The molecular weight excluding hydrogens is 184 g/mol. The normalized spacial score (nSPS) is 13.8. The standard InChI is InChI=1S/C9H10N2OS/c1-2-8(12)11-9-10-6-4-3-5-7(6)13-9/h2H,1,3-5H2,(H,10,11,12). The predicted octanol–water partition coefficient (Wildman–Crippen LogP) is 1.76. The van der Waals surface area contributed by atoms with Crippen molar-refractivity contribution < 1.29 is 4.79 Å². The molecule has 0 fully saturated rings. The van der Waals surface area contributed by atoms with Gasteiger partial charge in [-0.15, -0.1) is 11.3 Å². The van der Waals surface area contributed by atoms with Crippen molar-refractivity contribution >= 4 is 22.4 Å². The Hall–Kier alpha value is -1.16. The van der Waals surface area contributed by atoms with Crippen molar-refractivity contribution in [3.05, 3.63) is 23.2 Å². The highest BCUT2D eigenvalue weighted by Gasteiger charge is 2.16. The van der Waals surface area contributed by atoms with Gasteiger partial charge in [0.1, 0.15) is 0 Å². The second-order valence-corrected chi connectivity index (χ2v) is 4.02. The van der Waals surface area contributed by atoms with Gasteiger partial charge in [-0.3, -0.25) is 10.1 Å².